The lowest BCUT2D eigenvalue weighted by Gasteiger charge is -2.26. The van der Waals surface area contributed by atoms with Crippen molar-refractivity contribution in [2.24, 2.45) is 0 Å². The van der Waals surface area contributed by atoms with Crippen molar-refractivity contribution in [2.45, 2.75) is 24.9 Å². The van der Waals surface area contributed by atoms with Crippen LogP contribution in [0.3, 0.4) is 0 Å². The number of likely N-dealkylation sites (tertiary alicyclic amines) is 1. The number of benzene rings is 1. The monoisotopic (exact) mass is 386 g/mol. The van der Waals surface area contributed by atoms with Crippen molar-refractivity contribution in [3.8, 4) is 5.75 Å². The summed E-state index contributed by atoms with van der Waals surface area (Å²) in [5.41, 5.74) is 5.02. The fraction of sp³-hybridized carbons (Fsp3) is 0.333. The van der Waals surface area contributed by atoms with E-state index >= 15 is 0 Å². The number of methoxy groups -OCH3 is 1. The van der Waals surface area contributed by atoms with Crippen molar-refractivity contribution in [1.82, 2.24) is 14.9 Å². The summed E-state index contributed by atoms with van der Waals surface area (Å²) in [6.45, 7) is 4.90. The SMILES string of the molecule is COc1cccc(CN2CCC3(C2)CN(Cc2ccccn2)c2cccnc23)c1. The van der Waals surface area contributed by atoms with Crippen LogP contribution in [0.25, 0.3) is 0 Å². The fourth-order valence-corrected chi connectivity index (χ4v) is 4.86. The van der Waals surface area contributed by atoms with Crippen LogP contribution in [-0.2, 0) is 18.5 Å². The molecule has 0 saturated carbocycles. The number of hydrogen-bond donors (Lipinski definition) is 0. The first kappa shape index (κ1) is 18.1. The van der Waals surface area contributed by atoms with Crippen molar-refractivity contribution in [3.63, 3.8) is 0 Å². The molecule has 1 fully saturated rings. The van der Waals surface area contributed by atoms with Crippen molar-refractivity contribution < 1.29 is 4.74 Å². The van der Waals surface area contributed by atoms with Crippen molar-refractivity contribution in [1.29, 1.82) is 0 Å². The summed E-state index contributed by atoms with van der Waals surface area (Å²) in [7, 11) is 1.72. The molecule has 5 nitrogen and oxygen atoms in total. The summed E-state index contributed by atoms with van der Waals surface area (Å²) in [4.78, 5) is 14.4. The normalized spacial score (nSPS) is 20.9. The van der Waals surface area contributed by atoms with E-state index in [1.165, 1.54) is 16.9 Å². The van der Waals surface area contributed by atoms with Crippen molar-refractivity contribution in [2.75, 3.05) is 31.6 Å². The minimum Gasteiger partial charge on any atom is -0.497 e. The number of fused-ring (bicyclic) bond motifs is 2. The Labute approximate surface area is 172 Å². The van der Waals surface area contributed by atoms with Gasteiger partial charge in [-0.3, -0.25) is 14.9 Å². The van der Waals surface area contributed by atoms with E-state index in [9.17, 15) is 0 Å². The summed E-state index contributed by atoms with van der Waals surface area (Å²) >= 11 is 0. The molecule has 2 aliphatic rings. The van der Waals surface area contributed by atoms with Gasteiger partial charge in [-0.1, -0.05) is 18.2 Å². The summed E-state index contributed by atoms with van der Waals surface area (Å²) in [6, 6.07) is 18.8. The van der Waals surface area contributed by atoms with E-state index in [0.29, 0.717) is 0 Å². The Balaban J connectivity index is 1.36. The molecule has 2 aliphatic heterocycles. The zero-order valence-electron chi connectivity index (χ0n) is 16.8. The molecular formula is C24H26N4O. The third kappa shape index (κ3) is 3.47. The molecule has 1 saturated heterocycles. The zero-order valence-corrected chi connectivity index (χ0v) is 16.8. The molecule has 5 heteroatoms. The number of hydrogen-bond acceptors (Lipinski definition) is 5. The predicted molar refractivity (Wildman–Crippen MR) is 114 cm³/mol. The molecule has 1 aromatic carbocycles. The second-order valence-corrected chi connectivity index (χ2v) is 8.14. The van der Waals surface area contributed by atoms with Crippen LogP contribution in [0.4, 0.5) is 5.69 Å². The quantitative estimate of drug-likeness (QED) is 0.670. The van der Waals surface area contributed by atoms with E-state index in [4.69, 9.17) is 9.72 Å². The number of aromatic nitrogens is 2. The minimum atomic E-state index is 0.101. The number of pyridine rings is 2. The van der Waals surface area contributed by atoms with E-state index in [1.807, 2.05) is 30.6 Å². The smallest absolute Gasteiger partial charge is 0.119 e. The average molecular weight is 386 g/mol. The molecule has 0 aliphatic carbocycles. The van der Waals surface area contributed by atoms with Crippen molar-refractivity contribution in [3.05, 3.63) is 83.9 Å². The maximum Gasteiger partial charge on any atom is 0.119 e. The first-order chi connectivity index (χ1) is 14.3. The highest BCUT2D eigenvalue weighted by Crippen LogP contribution is 2.45. The topological polar surface area (TPSA) is 41.5 Å². The third-order valence-corrected chi connectivity index (χ3v) is 6.18. The lowest BCUT2D eigenvalue weighted by Crippen LogP contribution is -2.36. The van der Waals surface area contributed by atoms with E-state index < -0.39 is 0 Å². The summed E-state index contributed by atoms with van der Waals surface area (Å²) in [6.07, 6.45) is 4.95. The first-order valence-electron chi connectivity index (χ1n) is 10.2. The van der Waals surface area contributed by atoms with Gasteiger partial charge in [0.25, 0.3) is 0 Å². The summed E-state index contributed by atoms with van der Waals surface area (Å²) < 4.78 is 5.39. The van der Waals surface area contributed by atoms with Crippen LogP contribution in [0.2, 0.25) is 0 Å². The van der Waals surface area contributed by atoms with E-state index in [-0.39, 0.29) is 5.41 Å². The molecule has 148 valence electrons. The molecule has 0 N–H and O–H groups in total. The van der Waals surface area contributed by atoms with Gasteiger partial charge in [-0.05, 0) is 54.9 Å². The lowest BCUT2D eigenvalue weighted by atomic mass is 9.85. The zero-order chi connectivity index (χ0) is 19.7. The molecule has 4 heterocycles. The molecule has 0 radical (unpaired) electrons. The minimum absolute atomic E-state index is 0.101. The van der Waals surface area contributed by atoms with Gasteiger partial charge in [0.2, 0.25) is 0 Å². The molecule has 1 unspecified atom stereocenters. The lowest BCUT2D eigenvalue weighted by molar-refractivity contribution is 0.304. The van der Waals surface area contributed by atoms with Gasteiger partial charge in [0.15, 0.2) is 0 Å². The highest BCUT2D eigenvalue weighted by molar-refractivity contribution is 5.60. The van der Waals surface area contributed by atoms with Crippen LogP contribution in [0.15, 0.2) is 67.0 Å². The summed E-state index contributed by atoms with van der Waals surface area (Å²) in [5, 5.41) is 0. The van der Waals surface area contributed by atoms with Crippen LogP contribution in [0.1, 0.15) is 23.4 Å². The summed E-state index contributed by atoms with van der Waals surface area (Å²) in [5.74, 6) is 0.922. The van der Waals surface area contributed by atoms with Crippen LogP contribution in [0, 0.1) is 0 Å². The Kier molecular flexibility index (Phi) is 4.68. The fourth-order valence-electron chi connectivity index (χ4n) is 4.86. The van der Waals surface area contributed by atoms with E-state index in [1.54, 1.807) is 7.11 Å². The maximum absolute atomic E-state index is 5.39. The average Bonchev–Trinajstić information content (AvgIpc) is 3.30. The number of rotatable bonds is 5. The molecule has 29 heavy (non-hydrogen) atoms. The molecule has 2 aromatic heterocycles. The van der Waals surface area contributed by atoms with Gasteiger partial charge in [-0.15, -0.1) is 0 Å². The first-order valence-corrected chi connectivity index (χ1v) is 10.2. The standard InChI is InChI=1S/C24H26N4O/c1-29-21-8-4-6-19(14-21)15-27-13-10-24(17-27)18-28(16-20-7-2-3-11-25-20)22-9-5-12-26-23(22)24/h2-9,11-12,14H,10,13,15-18H2,1H3. The predicted octanol–water partition coefficient (Wildman–Crippen LogP) is 3.65. The van der Waals surface area contributed by atoms with Crippen LogP contribution in [0.5, 0.6) is 5.75 Å². The Morgan fingerprint density at radius 3 is 2.76 bits per heavy atom. The third-order valence-electron chi connectivity index (χ3n) is 6.18. The van der Waals surface area contributed by atoms with Gasteiger partial charge >= 0.3 is 0 Å². The van der Waals surface area contributed by atoms with Gasteiger partial charge in [-0.25, -0.2) is 0 Å². The van der Waals surface area contributed by atoms with Gasteiger partial charge in [0, 0.05) is 37.4 Å². The molecule has 1 atom stereocenters. The molecule has 3 aromatic rings. The highest BCUT2D eigenvalue weighted by Gasteiger charge is 2.48. The number of ether oxygens (including phenoxy) is 1. The second kappa shape index (κ2) is 7.48. The maximum atomic E-state index is 5.39. The Morgan fingerprint density at radius 1 is 0.966 bits per heavy atom. The van der Waals surface area contributed by atoms with Gasteiger partial charge in [0.05, 0.1) is 30.7 Å². The van der Waals surface area contributed by atoms with E-state index in [0.717, 1.165) is 50.6 Å². The Bertz CT molecular complexity index is 993. The molecular weight excluding hydrogens is 360 g/mol. The van der Waals surface area contributed by atoms with Crippen LogP contribution < -0.4 is 9.64 Å². The molecule has 0 amide bonds. The highest BCUT2D eigenvalue weighted by atomic mass is 16.5. The van der Waals surface area contributed by atoms with Crippen molar-refractivity contribution >= 4 is 5.69 Å². The second-order valence-electron chi connectivity index (χ2n) is 8.14. The Morgan fingerprint density at radius 2 is 1.90 bits per heavy atom. The molecule has 5 rings (SSSR count). The van der Waals surface area contributed by atoms with Gasteiger partial charge in [0.1, 0.15) is 5.75 Å². The van der Waals surface area contributed by atoms with Gasteiger partial charge in [-0.2, -0.15) is 0 Å². The van der Waals surface area contributed by atoms with Crippen LogP contribution >= 0.6 is 0 Å². The number of anilines is 1. The van der Waals surface area contributed by atoms with Gasteiger partial charge < -0.3 is 9.64 Å². The molecule has 1 spiro atoms. The number of nitrogens with zero attached hydrogens (tertiary/aromatic N) is 4. The Hall–Kier alpha value is -2.92. The van der Waals surface area contributed by atoms with Crippen LogP contribution in [-0.4, -0.2) is 41.6 Å². The largest absolute Gasteiger partial charge is 0.497 e. The molecule has 0 bridgehead atoms. The van der Waals surface area contributed by atoms with E-state index in [2.05, 4.69) is 51.2 Å².